The van der Waals surface area contributed by atoms with Crippen molar-refractivity contribution >= 4 is 40.3 Å². The first-order valence-corrected chi connectivity index (χ1v) is 10.8. The number of hydrogen-bond acceptors (Lipinski definition) is 4. The lowest BCUT2D eigenvalue weighted by atomic mass is 10.1. The smallest absolute Gasteiger partial charge is 0.253 e. The summed E-state index contributed by atoms with van der Waals surface area (Å²) in [6.07, 6.45) is 1.81. The molecule has 30 heavy (non-hydrogen) atoms. The molecular weight excluding hydrogens is 396 g/mol. The maximum Gasteiger partial charge on any atom is 0.253 e. The van der Waals surface area contributed by atoms with E-state index in [1.807, 2.05) is 48.8 Å². The molecule has 0 spiro atoms. The molecular formula is C23H26N4O2S. The van der Waals surface area contributed by atoms with Gasteiger partial charge in [-0.2, -0.15) is 0 Å². The molecule has 0 aliphatic rings. The molecule has 0 aliphatic heterocycles. The van der Waals surface area contributed by atoms with E-state index in [4.69, 9.17) is 0 Å². The number of benzene rings is 2. The third kappa shape index (κ3) is 5.30. The molecule has 2 aromatic carbocycles. The monoisotopic (exact) mass is 422 g/mol. The molecule has 0 saturated heterocycles. The van der Waals surface area contributed by atoms with Gasteiger partial charge in [0.2, 0.25) is 5.91 Å². The Kier molecular flexibility index (Phi) is 7.30. The van der Waals surface area contributed by atoms with Crippen LogP contribution < -0.4 is 10.6 Å². The van der Waals surface area contributed by atoms with Crippen LogP contribution in [0.15, 0.2) is 66.3 Å². The molecule has 0 saturated carbocycles. The van der Waals surface area contributed by atoms with Crippen molar-refractivity contribution < 1.29 is 9.59 Å². The maximum absolute atomic E-state index is 12.6. The Labute approximate surface area is 180 Å². The molecule has 1 aromatic heterocycles. The molecule has 0 unspecified atom stereocenters. The lowest BCUT2D eigenvalue weighted by molar-refractivity contribution is -0.113. The highest BCUT2D eigenvalue weighted by atomic mass is 32.2. The van der Waals surface area contributed by atoms with Crippen molar-refractivity contribution in [1.82, 2.24) is 14.9 Å². The molecule has 156 valence electrons. The molecule has 2 N–H and O–H groups in total. The zero-order chi connectivity index (χ0) is 21.5. The van der Waals surface area contributed by atoms with Crippen molar-refractivity contribution in [2.75, 3.05) is 17.6 Å². The molecule has 7 heteroatoms. The van der Waals surface area contributed by atoms with Gasteiger partial charge in [-0.25, -0.2) is 4.98 Å². The number of anilines is 1. The van der Waals surface area contributed by atoms with Gasteiger partial charge in [0.1, 0.15) is 0 Å². The van der Waals surface area contributed by atoms with Gasteiger partial charge in [-0.3, -0.25) is 9.59 Å². The Morgan fingerprint density at radius 3 is 2.67 bits per heavy atom. The average Bonchev–Trinajstić information content (AvgIpc) is 3.09. The first-order chi connectivity index (χ1) is 14.5. The number of carbonyl (C=O) groups is 2. The number of rotatable bonds is 9. The second kappa shape index (κ2) is 10.1. The van der Waals surface area contributed by atoms with Gasteiger partial charge in [-0.15, -0.1) is 6.58 Å². The Morgan fingerprint density at radius 2 is 1.90 bits per heavy atom. The van der Waals surface area contributed by atoms with Crippen molar-refractivity contribution in [2.24, 2.45) is 5.92 Å². The van der Waals surface area contributed by atoms with Crippen molar-refractivity contribution in [2.45, 2.75) is 25.5 Å². The predicted molar refractivity (Wildman–Crippen MR) is 123 cm³/mol. The predicted octanol–water partition coefficient (Wildman–Crippen LogP) is 4.34. The molecule has 3 aromatic rings. The number of nitrogens with zero attached hydrogens (tertiary/aromatic N) is 2. The third-order valence-electron chi connectivity index (χ3n) is 4.38. The van der Waals surface area contributed by atoms with Crippen LogP contribution in [-0.2, 0) is 11.3 Å². The van der Waals surface area contributed by atoms with Crippen LogP contribution in [0.2, 0.25) is 0 Å². The van der Waals surface area contributed by atoms with Crippen LogP contribution in [0.25, 0.3) is 11.0 Å². The standard InChI is InChI=1S/C23H26N4O2S/c1-4-13-27-20-12-8-7-11-19(20)26-23(27)30-15-21(28)25-18-10-6-5-9-17(18)22(29)24-14-16(2)3/h4-12,16H,1,13-15H2,2-3H3,(H,24,29)(H,25,28). The first-order valence-electron chi connectivity index (χ1n) is 9.85. The normalized spacial score (nSPS) is 10.9. The summed E-state index contributed by atoms with van der Waals surface area (Å²) in [7, 11) is 0. The summed E-state index contributed by atoms with van der Waals surface area (Å²) in [5.41, 5.74) is 2.85. The summed E-state index contributed by atoms with van der Waals surface area (Å²) in [6, 6.07) is 14.9. The Bertz CT molecular complexity index is 1060. The number of allylic oxidation sites excluding steroid dienone is 1. The summed E-state index contributed by atoms with van der Waals surface area (Å²) < 4.78 is 2.04. The largest absolute Gasteiger partial charge is 0.352 e. The molecule has 0 bridgehead atoms. The SMILES string of the molecule is C=CCn1c(SCC(=O)Nc2ccccc2C(=O)NCC(C)C)nc2ccccc21. The van der Waals surface area contributed by atoms with Gasteiger partial charge in [0.05, 0.1) is 28.0 Å². The minimum absolute atomic E-state index is 0.183. The lowest BCUT2D eigenvalue weighted by Gasteiger charge is -2.12. The number of thioether (sulfide) groups is 1. The third-order valence-corrected chi connectivity index (χ3v) is 5.36. The van der Waals surface area contributed by atoms with Crippen LogP contribution in [0.1, 0.15) is 24.2 Å². The minimum Gasteiger partial charge on any atom is -0.352 e. The number of imidazole rings is 1. The van der Waals surface area contributed by atoms with Gasteiger partial charge in [0.25, 0.3) is 5.91 Å². The molecule has 3 rings (SSSR count). The molecule has 2 amide bonds. The van der Waals surface area contributed by atoms with E-state index in [9.17, 15) is 9.59 Å². The quantitative estimate of drug-likeness (QED) is 0.397. The second-order valence-corrected chi connectivity index (χ2v) is 8.21. The van der Waals surface area contributed by atoms with E-state index in [-0.39, 0.29) is 17.6 Å². The Balaban J connectivity index is 1.69. The van der Waals surface area contributed by atoms with Crippen molar-refractivity contribution in [3.05, 3.63) is 66.7 Å². The Morgan fingerprint density at radius 1 is 1.17 bits per heavy atom. The molecule has 6 nitrogen and oxygen atoms in total. The van der Waals surface area contributed by atoms with Crippen LogP contribution in [0, 0.1) is 5.92 Å². The first kappa shape index (κ1) is 21.6. The number of para-hydroxylation sites is 3. The topological polar surface area (TPSA) is 76.0 Å². The van der Waals surface area contributed by atoms with Crippen LogP contribution in [0.4, 0.5) is 5.69 Å². The number of hydrogen-bond donors (Lipinski definition) is 2. The van der Waals surface area contributed by atoms with Crippen molar-refractivity contribution in [1.29, 1.82) is 0 Å². The van der Waals surface area contributed by atoms with E-state index < -0.39 is 0 Å². The van der Waals surface area contributed by atoms with E-state index in [1.165, 1.54) is 11.8 Å². The van der Waals surface area contributed by atoms with Gasteiger partial charge in [0.15, 0.2) is 5.16 Å². The second-order valence-electron chi connectivity index (χ2n) is 7.27. The lowest BCUT2D eigenvalue weighted by Crippen LogP contribution is -2.28. The highest BCUT2D eigenvalue weighted by molar-refractivity contribution is 7.99. The number of aromatic nitrogens is 2. The Hall–Kier alpha value is -3.06. The number of nitrogens with one attached hydrogen (secondary N) is 2. The molecule has 0 aliphatic carbocycles. The van der Waals surface area contributed by atoms with E-state index in [2.05, 4.69) is 22.2 Å². The molecule has 0 fully saturated rings. The zero-order valence-electron chi connectivity index (χ0n) is 17.2. The van der Waals surface area contributed by atoms with Crippen LogP contribution in [0.5, 0.6) is 0 Å². The van der Waals surface area contributed by atoms with Crippen LogP contribution in [0.3, 0.4) is 0 Å². The van der Waals surface area contributed by atoms with Crippen molar-refractivity contribution in [3.8, 4) is 0 Å². The van der Waals surface area contributed by atoms with E-state index >= 15 is 0 Å². The molecule has 1 heterocycles. The fourth-order valence-corrected chi connectivity index (χ4v) is 3.79. The number of carbonyl (C=O) groups excluding carboxylic acids is 2. The minimum atomic E-state index is -0.194. The summed E-state index contributed by atoms with van der Waals surface area (Å²) in [5.74, 6) is 0.144. The summed E-state index contributed by atoms with van der Waals surface area (Å²) >= 11 is 1.36. The highest BCUT2D eigenvalue weighted by Crippen LogP contribution is 2.24. The molecule has 0 atom stereocenters. The van der Waals surface area contributed by atoms with E-state index in [0.717, 1.165) is 16.2 Å². The van der Waals surface area contributed by atoms with Gasteiger partial charge >= 0.3 is 0 Å². The summed E-state index contributed by atoms with van der Waals surface area (Å²) in [4.78, 5) is 29.7. The van der Waals surface area contributed by atoms with Gasteiger partial charge in [0, 0.05) is 13.1 Å². The average molecular weight is 423 g/mol. The van der Waals surface area contributed by atoms with E-state index in [1.54, 1.807) is 24.3 Å². The zero-order valence-corrected chi connectivity index (χ0v) is 18.0. The highest BCUT2D eigenvalue weighted by Gasteiger charge is 2.15. The number of amides is 2. The molecule has 0 radical (unpaired) electrons. The fourth-order valence-electron chi connectivity index (χ4n) is 2.97. The van der Waals surface area contributed by atoms with Gasteiger partial charge in [-0.05, 0) is 30.2 Å². The maximum atomic E-state index is 12.6. The van der Waals surface area contributed by atoms with E-state index in [0.29, 0.717) is 30.3 Å². The summed E-state index contributed by atoms with van der Waals surface area (Å²) in [5, 5.41) is 6.50. The van der Waals surface area contributed by atoms with Crippen LogP contribution >= 0.6 is 11.8 Å². The van der Waals surface area contributed by atoms with Gasteiger partial charge < -0.3 is 15.2 Å². The number of fused-ring (bicyclic) bond motifs is 1. The van der Waals surface area contributed by atoms with Gasteiger partial charge in [-0.1, -0.05) is 56.0 Å². The fraction of sp³-hybridized carbons (Fsp3) is 0.261. The van der Waals surface area contributed by atoms with Crippen molar-refractivity contribution in [3.63, 3.8) is 0 Å². The van der Waals surface area contributed by atoms with Crippen LogP contribution in [-0.4, -0.2) is 33.7 Å². The summed E-state index contributed by atoms with van der Waals surface area (Å²) in [6.45, 7) is 9.07.